The third-order valence-corrected chi connectivity index (χ3v) is 3.46. The molecule has 0 atom stereocenters. The van der Waals surface area contributed by atoms with Gasteiger partial charge in [0.25, 0.3) is 0 Å². The number of rotatable bonds is 2. The average molecular weight is 294 g/mol. The summed E-state index contributed by atoms with van der Waals surface area (Å²) in [5, 5.41) is 0.263. The van der Waals surface area contributed by atoms with E-state index in [1.165, 1.54) is 25.4 Å². The molecule has 104 valence electrons. The van der Waals surface area contributed by atoms with E-state index in [4.69, 9.17) is 11.6 Å². The number of carbonyl (C=O) groups is 1. The maximum atomic E-state index is 13.2. The van der Waals surface area contributed by atoms with Gasteiger partial charge in [0.05, 0.1) is 17.7 Å². The van der Waals surface area contributed by atoms with E-state index in [1.807, 2.05) is 0 Å². The molecule has 0 amide bonds. The fourth-order valence-electron chi connectivity index (χ4n) is 2.05. The SMILES string of the molecule is COC(=O)c1cnc(C)c(-c2ccc(F)cc2C)c1Cl. The smallest absolute Gasteiger partial charge is 0.340 e. The molecule has 0 spiro atoms. The maximum Gasteiger partial charge on any atom is 0.340 e. The molecular weight excluding hydrogens is 281 g/mol. The molecular formula is C15H13ClFNO2. The van der Waals surface area contributed by atoms with Crippen LogP contribution in [0.1, 0.15) is 21.6 Å². The highest BCUT2D eigenvalue weighted by Crippen LogP contribution is 2.35. The van der Waals surface area contributed by atoms with Crippen LogP contribution < -0.4 is 0 Å². The predicted octanol–water partition coefficient (Wildman–Crippen LogP) is 3.94. The van der Waals surface area contributed by atoms with Gasteiger partial charge in [-0.2, -0.15) is 0 Å². The van der Waals surface area contributed by atoms with Crippen molar-refractivity contribution < 1.29 is 13.9 Å². The number of nitrogens with zero attached hydrogens (tertiary/aromatic N) is 1. The fourth-order valence-corrected chi connectivity index (χ4v) is 2.41. The van der Waals surface area contributed by atoms with Crippen molar-refractivity contribution in [3.8, 4) is 11.1 Å². The first kappa shape index (κ1) is 14.5. The highest BCUT2D eigenvalue weighted by molar-refractivity contribution is 6.36. The van der Waals surface area contributed by atoms with E-state index >= 15 is 0 Å². The number of hydrogen-bond acceptors (Lipinski definition) is 3. The molecule has 1 aromatic heterocycles. The summed E-state index contributed by atoms with van der Waals surface area (Å²) in [4.78, 5) is 15.8. The first-order valence-corrected chi connectivity index (χ1v) is 6.33. The highest BCUT2D eigenvalue weighted by atomic mass is 35.5. The largest absolute Gasteiger partial charge is 0.465 e. The Kier molecular flexibility index (Phi) is 4.04. The fraction of sp³-hybridized carbons (Fsp3) is 0.200. The van der Waals surface area contributed by atoms with Crippen LogP contribution in [0.4, 0.5) is 4.39 Å². The lowest BCUT2D eigenvalue weighted by Gasteiger charge is -2.13. The molecule has 0 saturated carbocycles. The van der Waals surface area contributed by atoms with E-state index in [9.17, 15) is 9.18 Å². The van der Waals surface area contributed by atoms with E-state index in [2.05, 4.69) is 9.72 Å². The Morgan fingerprint density at radius 2 is 2.05 bits per heavy atom. The molecule has 0 unspecified atom stereocenters. The van der Waals surface area contributed by atoms with Crippen LogP contribution in [-0.4, -0.2) is 18.1 Å². The average Bonchev–Trinajstić information content (AvgIpc) is 2.40. The van der Waals surface area contributed by atoms with Crippen LogP contribution in [0.2, 0.25) is 5.02 Å². The minimum absolute atomic E-state index is 0.193. The first-order valence-electron chi connectivity index (χ1n) is 5.95. The second kappa shape index (κ2) is 5.59. The normalized spacial score (nSPS) is 10.4. The molecule has 5 heteroatoms. The Morgan fingerprint density at radius 1 is 1.35 bits per heavy atom. The van der Waals surface area contributed by atoms with Gasteiger partial charge in [0.15, 0.2) is 0 Å². The molecule has 0 N–H and O–H groups in total. The zero-order valence-corrected chi connectivity index (χ0v) is 12.1. The molecule has 0 saturated heterocycles. The standard InChI is InChI=1S/C15H13ClFNO2/c1-8-6-10(17)4-5-11(8)13-9(2)18-7-12(14(13)16)15(19)20-3/h4-7H,1-3H3. The first-order chi connectivity index (χ1) is 9.45. The lowest BCUT2D eigenvalue weighted by molar-refractivity contribution is 0.0600. The van der Waals surface area contributed by atoms with Gasteiger partial charge in [0, 0.05) is 17.5 Å². The lowest BCUT2D eigenvalue weighted by atomic mass is 9.98. The molecule has 0 aliphatic heterocycles. The second-order valence-corrected chi connectivity index (χ2v) is 4.78. The zero-order valence-electron chi connectivity index (χ0n) is 11.3. The molecule has 0 aliphatic carbocycles. The highest BCUT2D eigenvalue weighted by Gasteiger charge is 2.19. The van der Waals surface area contributed by atoms with Crippen LogP contribution in [0.15, 0.2) is 24.4 Å². The Balaban J connectivity index is 2.70. The molecule has 0 fully saturated rings. The molecule has 0 radical (unpaired) electrons. The van der Waals surface area contributed by atoms with Crippen molar-refractivity contribution in [2.45, 2.75) is 13.8 Å². The van der Waals surface area contributed by atoms with Gasteiger partial charge in [-0.15, -0.1) is 0 Å². The summed E-state index contributed by atoms with van der Waals surface area (Å²) in [6.07, 6.45) is 1.38. The van der Waals surface area contributed by atoms with Crippen molar-refractivity contribution in [1.82, 2.24) is 4.98 Å². The molecule has 2 aromatic rings. The quantitative estimate of drug-likeness (QED) is 0.787. The Morgan fingerprint density at radius 3 is 2.65 bits per heavy atom. The van der Waals surface area contributed by atoms with Crippen molar-refractivity contribution in [3.05, 3.63) is 52.1 Å². The van der Waals surface area contributed by atoms with Crippen LogP contribution in [0, 0.1) is 19.7 Å². The molecule has 20 heavy (non-hydrogen) atoms. The van der Waals surface area contributed by atoms with E-state index in [0.29, 0.717) is 11.3 Å². The Bertz CT molecular complexity index is 686. The zero-order chi connectivity index (χ0) is 14.9. The van der Waals surface area contributed by atoms with Crippen LogP contribution in [0.3, 0.4) is 0 Å². The number of methoxy groups -OCH3 is 1. The van der Waals surface area contributed by atoms with Gasteiger partial charge in [-0.25, -0.2) is 9.18 Å². The van der Waals surface area contributed by atoms with Gasteiger partial charge in [-0.1, -0.05) is 17.7 Å². The van der Waals surface area contributed by atoms with Gasteiger partial charge in [-0.3, -0.25) is 4.98 Å². The predicted molar refractivity (Wildman–Crippen MR) is 75.5 cm³/mol. The number of hydrogen-bond donors (Lipinski definition) is 0. The van der Waals surface area contributed by atoms with Crippen molar-refractivity contribution >= 4 is 17.6 Å². The number of aryl methyl sites for hydroxylation is 2. The summed E-state index contributed by atoms with van der Waals surface area (Å²) < 4.78 is 17.9. The molecule has 3 nitrogen and oxygen atoms in total. The summed E-state index contributed by atoms with van der Waals surface area (Å²) in [5.41, 5.74) is 2.94. The summed E-state index contributed by atoms with van der Waals surface area (Å²) in [7, 11) is 1.28. The number of halogens is 2. The second-order valence-electron chi connectivity index (χ2n) is 4.40. The minimum Gasteiger partial charge on any atom is -0.465 e. The van der Waals surface area contributed by atoms with Crippen LogP contribution in [0.25, 0.3) is 11.1 Å². The summed E-state index contributed by atoms with van der Waals surface area (Å²) in [5.74, 6) is -0.874. The van der Waals surface area contributed by atoms with Gasteiger partial charge >= 0.3 is 5.97 Å². The van der Waals surface area contributed by atoms with Gasteiger partial charge in [0.2, 0.25) is 0 Å². The van der Waals surface area contributed by atoms with Crippen molar-refractivity contribution in [3.63, 3.8) is 0 Å². The monoisotopic (exact) mass is 293 g/mol. The Labute approximate surface area is 121 Å². The molecule has 1 aromatic carbocycles. The molecule has 0 bridgehead atoms. The van der Waals surface area contributed by atoms with Crippen LogP contribution >= 0.6 is 11.6 Å². The lowest BCUT2D eigenvalue weighted by Crippen LogP contribution is -2.05. The topological polar surface area (TPSA) is 39.2 Å². The Hall–Kier alpha value is -1.94. The van der Waals surface area contributed by atoms with E-state index in [0.717, 1.165) is 11.1 Å². The van der Waals surface area contributed by atoms with Gasteiger partial charge < -0.3 is 4.74 Å². The number of carbonyl (C=O) groups excluding carboxylic acids is 1. The van der Waals surface area contributed by atoms with Gasteiger partial charge in [0.1, 0.15) is 5.82 Å². The van der Waals surface area contributed by atoms with E-state index in [1.54, 1.807) is 19.9 Å². The number of ether oxygens (including phenoxy) is 1. The van der Waals surface area contributed by atoms with Crippen molar-refractivity contribution in [2.24, 2.45) is 0 Å². The summed E-state index contributed by atoms with van der Waals surface area (Å²) in [6, 6.07) is 4.39. The summed E-state index contributed by atoms with van der Waals surface area (Å²) in [6.45, 7) is 3.56. The van der Waals surface area contributed by atoms with Crippen LogP contribution in [0.5, 0.6) is 0 Å². The molecule has 0 aliphatic rings. The molecule has 2 rings (SSSR count). The van der Waals surface area contributed by atoms with E-state index in [-0.39, 0.29) is 16.4 Å². The van der Waals surface area contributed by atoms with E-state index < -0.39 is 5.97 Å². The third kappa shape index (κ3) is 2.51. The third-order valence-electron chi connectivity index (χ3n) is 3.07. The van der Waals surface area contributed by atoms with Crippen LogP contribution in [-0.2, 0) is 4.74 Å². The van der Waals surface area contributed by atoms with Gasteiger partial charge in [-0.05, 0) is 37.1 Å². The maximum absolute atomic E-state index is 13.2. The number of benzene rings is 1. The minimum atomic E-state index is -0.552. The number of aromatic nitrogens is 1. The number of esters is 1. The molecule has 1 heterocycles. The summed E-state index contributed by atoms with van der Waals surface area (Å²) >= 11 is 6.30. The number of pyridine rings is 1. The van der Waals surface area contributed by atoms with Crippen molar-refractivity contribution in [2.75, 3.05) is 7.11 Å². The van der Waals surface area contributed by atoms with Crippen molar-refractivity contribution in [1.29, 1.82) is 0 Å².